The summed E-state index contributed by atoms with van der Waals surface area (Å²) in [4.78, 5) is 14.2. The molecule has 0 aliphatic carbocycles. The molecule has 4 nitrogen and oxygen atoms in total. The Morgan fingerprint density at radius 2 is 2.00 bits per heavy atom. The van der Waals surface area contributed by atoms with Crippen LogP contribution in [0.2, 0.25) is 0 Å². The van der Waals surface area contributed by atoms with Crippen LogP contribution < -0.4 is 10.6 Å². The third kappa shape index (κ3) is 6.77. The van der Waals surface area contributed by atoms with Gasteiger partial charge in [0.05, 0.1) is 0 Å². The van der Waals surface area contributed by atoms with Gasteiger partial charge in [0.15, 0.2) is 0 Å². The molecular weight excluding hydrogens is 373 g/mol. The van der Waals surface area contributed by atoms with Crippen LogP contribution in [0.4, 0.5) is 9.18 Å². The summed E-state index contributed by atoms with van der Waals surface area (Å²) in [6.07, 6.45) is 3.99. The zero-order valence-corrected chi connectivity index (χ0v) is 15.9. The number of urea groups is 1. The highest BCUT2D eigenvalue weighted by atomic mass is 79.9. The van der Waals surface area contributed by atoms with Crippen molar-refractivity contribution in [3.05, 3.63) is 34.1 Å². The number of likely N-dealkylation sites (tertiary alicyclic amines) is 1. The smallest absolute Gasteiger partial charge is 0.314 e. The minimum absolute atomic E-state index is 0.183. The van der Waals surface area contributed by atoms with Gasteiger partial charge in [0.25, 0.3) is 0 Å². The molecular formula is C18H27BrFN3O. The largest absolute Gasteiger partial charge is 0.338 e. The summed E-state index contributed by atoms with van der Waals surface area (Å²) in [6.45, 7) is 6.78. The molecule has 0 aromatic heterocycles. The van der Waals surface area contributed by atoms with Crippen LogP contribution >= 0.6 is 15.9 Å². The lowest BCUT2D eigenvalue weighted by molar-refractivity contribution is 0.190. The zero-order valence-electron chi connectivity index (χ0n) is 14.3. The predicted molar refractivity (Wildman–Crippen MR) is 98.7 cm³/mol. The lowest BCUT2D eigenvalue weighted by Crippen LogP contribution is -2.39. The van der Waals surface area contributed by atoms with E-state index in [9.17, 15) is 9.18 Å². The number of carbonyl (C=O) groups excluding carboxylic acids is 1. The molecule has 0 radical (unpaired) electrons. The first-order valence-electron chi connectivity index (χ1n) is 8.72. The van der Waals surface area contributed by atoms with E-state index in [0.29, 0.717) is 25.1 Å². The van der Waals surface area contributed by atoms with Crippen LogP contribution in [-0.4, -0.2) is 43.7 Å². The van der Waals surface area contributed by atoms with Crippen molar-refractivity contribution >= 4 is 22.0 Å². The van der Waals surface area contributed by atoms with Gasteiger partial charge in [-0.2, -0.15) is 0 Å². The van der Waals surface area contributed by atoms with Crippen molar-refractivity contribution in [2.45, 2.75) is 32.6 Å². The van der Waals surface area contributed by atoms with Gasteiger partial charge in [0, 0.05) is 17.6 Å². The minimum atomic E-state index is -0.240. The standard InChI is InChI=1S/C18H27BrFN3O/c1-14-6-11-23(12-7-14)10-2-8-21-18(24)22-9-5-15-13-16(19)3-4-17(15)20/h3-4,13-14H,2,5-12H2,1H3,(H2,21,22,24). The topological polar surface area (TPSA) is 44.4 Å². The van der Waals surface area contributed by atoms with Crippen LogP contribution in [0.3, 0.4) is 0 Å². The predicted octanol–water partition coefficient (Wildman–Crippen LogP) is 3.55. The lowest BCUT2D eigenvalue weighted by atomic mass is 9.99. The molecule has 1 heterocycles. The first-order chi connectivity index (χ1) is 11.5. The van der Waals surface area contributed by atoms with Gasteiger partial charge in [-0.25, -0.2) is 9.18 Å². The van der Waals surface area contributed by atoms with Crippen LogP contribution in [-0.2, 0) is 6.42 Å². The third-order valence-electron chi connectivity index (χ3n) is 4.50. The van der Waals surface area contributed by atoms with Crippen molar-refractivity contribution in [2.24, 2.45) is 5.92 Å². The number of hydrogen-bond donors (Lipinski definition) is 2. The van der Waals surface area contributed by atoms with Crippen LogP contribution in [0.5, 0.6) is 0 Å². The molecule has 1 aliphatic heterocycles. The molecule has 0 bridgehead atoms. The molecule has 1 saturated heterocycles. The van der Waals surface area contributed by atoms with Crippen LogP contribution in [0.15, 0.2) is 22.7 Å². The van der Waals surface area contributed by atoms with Crippen LogP contribution in [0, 0.1) is 11.7 Å². The normalized spacial score (nSPS) is 16.1. The van der Waals surface area contributed by atoms with Gasteiger partial charge in [-0.1, -0.05) is 22.9 Å². The van der Waals surface area contributed by atoms with Crippen molar-refractivity contribution in [3.63, 3.8) is 0 Å². The van der Waals surface area contributed by atoms with Gasteiger partial charge >= 0.3 is 6.03 Å². The lowest BCUT2D eigenvalue weighted by Gasteiger charge is -2.30. The van der Waals surface area contributed by atoms with Gasteiger partial charge in [-0.3, -0.25) is 0 Å². The van der Waals surface area contributed by atoms with Gasteiger partial charge in [0.2, 0.25) is 0 Å². The van der Waals surface area contributed by atoms with E-state index in [1.807, 2.05) is 0 Å². The zero-order chi connectivity index (χ0) is 17.4. The molecule has 24 heavy (non-hydrogen) atoms. The fourth-order valence-electron chi connectivity index (χ4n) is 2.90. The second-order valence-corrected chi connectivity index (χ2v) is 7.46. The molecule has 0 spiro atoms. The van der Waals surface area contributed by atoms with Gasteiger partial charge in [-0.05, 0) is 75.0 Å². The second-order valence-electron chi connectivity index (χ2n) is 6.55. The Bertz CT molecular complexity index is 533. The number of hydrogen-bond acceptors (Lipinski definition) is 2. The Kier molecular flexibility index (Phi) is 7.99. The van der Waals surface area contributed by atoms with Gasteiger partial charge in [0.1, 0.15) is 5.82 Å². The Hall–Kier alpha value is -1.14. The maximum absolute atomic E-state index is 13.6. The number of amides is 2. The first kappa shape index (κ1) is 19.2. The Labute approximate surface area is 152 Å². The fourth-order valence-corrected chi connectivity index (χ4v) is 3.31. The Morgan fingerprint density at radius 1 is 1.29 bits per heavy atom. The average Bonchev–Trinajstić information content (AvgIpc) is 2.56. The molecule has 1 aromatic rings. The third-order valence-corrected chi connectivity index (χ3v) is 4.99. The van der Waals surface area contributed by atoms with Crippen LogP contribution in [0.1, 0.15) is 31.7 Å². The molecule has 1 aromatic carbocycles. The molecule has 1 fully saturated rings. The van der Waals surface area contributed by atoms with E-state index in [1.165, 1.54) is 32.0 Å². The molecule has 1 aliphatic rings. The molecule has 2 rings (SSSR count). The van der Waals surface area contributed by atoms with Gasteiger partial charge < -0.3 is 15.5 Å². The molecule has 2 N–H and O–H groups in total. The molecule has 6 heteroatoms. The number of halogens is 2. The van der Waals surface area contributed by atoms with Gasteiger partial charge in [-0.15, -0.1) is 0 Å². The van der Waals surface area contributed by atoms with E-state index in [4.69, 9.17) is 0 Å². The number of carbonyl (C=O) groups is 1. The quantitative estimate of drug-likeness (QED) is 0.688. The number of benzene rings is 1. The Morgan fingerprint density at radius 3 is 2.75 bits per heavy atom. The van der Waals surface area contributed by atoms with Crippen molar-refractivity contribution in [3.8, 4) is 0 Å². The molecule has 134 valence electrons. The number of nitrogens with zero attached hydrogens (tertiary/aromatic N) is 1. The molecule has 0 unspecified atom stereocenters. The average molecular weight is 400 g/mol. The van der Waals surface area contributed by atoms with E-state index in [2.05, 4.69) is 38.4 Å². The summed E-state index contributed by atoms with van der Waals surface area (Å²) >= 11 is 3.32. The first-order valence-corrected chi connectivity index (χ1v) is 9.52. The second kappa shape index (κ2) is 9.99. The van der Waals surface area contributed by atoms with E-state index < -0.39 is 0 Å². The van der Waals surface area contributed by atoms with E-state index in [0.717, 1.165) is 23.4 Å². The number of nitrogens with one attached hydrogen (secondary N) is 2. The van der Waals surface area contributed by atoms with Crippen molar-refractivity contribution in [2.75, 3.05) is 32.7 Å². The summed E-state index contributed by atoms with van der Waals surface area (Å²) in [7, 11) is 0. The highest BCUT2D eigenvalue weighted by Crippen LogP contribution is 2.16. The number of rotatable bonds is 7. The summed E-state index contributed by atoms with van der Waals surface area (Å²) < 4.78 is 14.4. The highest BCUT2D eigenvalue weighted by molar-refractivity contribution is 9.10. The van der Waals surface area contributed by atoms with E-state index in [-0.39, 0.29) is 11.8 Å². The molecule has 0 saturated carbocycles. The molecule has 0 atom stereocenters. The summed E-state index contributed by atoms with van der Waals surface area (Å²) in [6, 6.07) is 4.66. The van der Waals surface area contributed by atoms with Crippen molar-refractivity contribution in [1.82, 2.24) is 15.5 Å². The molecule has 2 amide bonds. The summed E-state index contributed by atoms with van der Waals surface area (Å²) in [5.41, 5.74) is 0.601. The Balaban J connectivity index is 1.54. The van der Waals surface area contributed by atoms with Crippen molar-refractivity contribution in [1.29, 1.82) is 0 Å². The highest BCUT2D eigenvalue weighted by Gasteiger charge is 2.14. The summed E-state index contributed by atoms with van der Waals surface area (Å²) in [5, 5.41) is 5.64. The fraction of sp³-hybridized carbons (Fsp3) is 0.611. The SMILES string of the molecule is CC1CCN(CCCNC(=O)NCCc2cc(Br)ccc2F)CC1. The maximum atomic E-state index is 13.6. The van der Waals surface area contributed by atoms with Crippen molar-refractivity contribution < 1.29 is 9.18 Å². The monoisotopic (exact) mass is 399 g/mol. The van der Waals surface area contributed by atoms with E-state index in [1.54, 1.807) is 12.1 Å². The minimum Gasteiger partial charge on any atom is -0.338 e. The maximum Gasteiger partial charge on any atom is 0.314 e. The van der Waals surface area contributed by atoms with Crippen LogP contribution in [0.25, 0.3) is 0 Å². The van der Waals surface area contributed by atoms with E-state index >= 15 is 0 Å². The number of piperidine rings is 1. The summed E-state index contributed by atoms with van der Waals surface area (Å²) in [5.74, 6) is 0.608.